The molecule has 0 saturated carbocycles. The van der Waals surface area contributed by atoms with Gasteiger partial charge in [0.15, 0.2) is 0 Å². The Morgan fingerprint density at radius 3 is 2.32 bits per heavy atom. The van der Waals surface area contributed by atoms with E-state index in [0.29, 0.717) is 17.9 Å². The van der Waals surface area contributed by atoms with Crippen LogP contribution in [0.3, 0.4) is 0 Å². The lowest BCUT2D eigenvalue weighted by Crippen LogP contribution is -2.50. The van der Waals surface area contributed by atoms with Crippen molar-refractivity contribution in [2.75, 3.05) is 70.6 Å². The first-order chi connectivity index (χ1) is 9.00. The summed E-state index contributed by atoms with van der Waals surface area (Å²) in [5.74, 6) is 0. The Bertz CT molecular complexity index is 497. The number of likely N-dealkylation sites (N-methyl/N-ethyl adjacent to an activating group) is 2. The molecule has 1 aromatic rings. The van der Waals surface area contributed by atoms with Gasteiger partial charge < -0.3 is 20.0 Å². The number of nitrogens with zero attached hydrogens (tertiary/aromatic N) is 3. The van der Waals surface area contributed by atoms with Crippen molar-refractivity contribution in [2.45, 2.75) is 0 Å². The molecule has 0 atom stereocenters. The molecule has 1 aliphatic rings. The molecule has 0 aliphatic carbocycles. The maximum atomic E-state index is 11.7. The molecular weight excluding hydrogens is 244 g/mol. The van der Waals surface area contributed by atoms with Gasteiger partial charge in [-0.15, -0.1) is 0 Å². The summed E-state index contributed by atoms with van der Waals surface area (Å²) in [4.78, 5) is 29.7. The summed E-state index contributed by atoms with van der Waals surface area (Å²) in [7, 11) is 6.02. The Morgan fingerprint density at radius 1 is 1.11 bits per heavy atom. The van der Waals surface area contributed by atoms with Gasteiger partial charge >= 0.3 is 0 Å². The molecule has 2 rings (SSSR count). The smallest absolute Gasteiger partial charge is 0.253 e. The van der Waals surface area contributed by atoms with Crippen molar-refractivity contribution < 1.29 is 0 Å². The first kappa shape index (κ1) is 14.0. The molecule has 106 valence electrons. The molecule has 0 amide bonds. The molecule has 1 heterocycles. The van der Waals surface area contributed by atoms with Gasteiger partial charge in [-0.05, 0) is 21.1 Å². The van der Waals surface area contributed by atoms with Crippen molar-refractivity contribution in [1.82, 2.24) is 9.80 Å². The third-order valence-electron chi connectivity index (χ3n) is 3.57. The highest BCUT2D eigenvalue weighted by molar-refractivity contribution is 5.75. The molecule has 1 aromatic carbocycles. The normalized spacial score (nSPS) is 17.4. The zero-order chi connectivity index (χ0) is 14.0. The van der Waals surface area contributed by atoms with E-state index in [9.17, 15) is 9.59 Å². The molecule has 6 heteroatoms. The van der Waals surface area contributed by atoms with E-state index < -0.39 is 0 Å². The first-order valence-corrected chi connectivity index (χ1v) is 6.66. The number of rotatable bonds is 5. The van der Waals surface area contributed by atoms with Crippen molar-refractivity contribution >= 4 is 11.4 Å². The minimum Gasteiger partial charge on any atom is -0.379 e. The molecule has 0 bridgehead atoms. The molecule has 6 nitrogen and oxygen atoms in total. The summed E-state index contributed by atoms with van der Waals surface area (Å²) in [6, 6.07) is 0. The van der Waals surface area contributed by atoms with E-state index >= 15 is 0 Å². The van der Waals surface area contributed by atoms with Crippen LogP contribution in [0.5, 0.6) is 0 Å². The van der Waals surface area contributed by atoms with Gasteiger partial charge in [-0.2, -0.15) is 0 Å². The van der Waals surface area contributed by atoms with Crippen LogP contribution in [0.1, 0.15) is 0 Å². The van der Waals surface area contributed by atoms with Gasteiger partial charge in [0.25, 0.3) is 10.9 Å². The maximum absolute atomic E-state index is 11.7. The van der Waals surface area contributed by atoms with E-state index in [1.807, 2.05) is 23.9 Å². The lowest BCUT2D eigenvalue weighted by atomic mass is 10.1. The van der Waals surface area contributed by atoms with E-state index in [-0.39, 0.29) is 10.9 Å². The minimum atomic E-state index is -0.368. The number of piperazine rings is 1. The highest BCUT2D eigenvalue weighted by Crippen LogP contribution is 2.20. The molecule has 1 N–H and O–H groups in total. The molecule has 1 aliphatic heterocycles. The summed E-state index contributed by atoms with van der Waals surface area (Å²) in [6.45, 7) is 4.99. The van der Waals surface area contributed by atoms with Crippen LogP contribution in [0.4, 0.5) is 11.4 Å². The quantitative estimate of drug-likeness (QED) is 0.691. The third kappa shape index (κ3) is 2.96. The zero-order valence-corrected chi connectivity index (χ0v) is 11.9. The molecule has 19 heavy (non-hydrogen) atoms. The Labute approximate surface area is 113 Å². The van der Waals surface area contributed by atoms with E-state index in [1.165, 1.54) is 0 Å². The molecule has 0 aromatic heterocycles. The second kappa shape index (κ2) is 5.71. The SMILES string of the molecule is CN(C)CCNc1c(N2CCN(C)CC2)c(=O)c1=O. The van der Waals surface area contributed by atoms with Gasteiger partial charge in [-0.25, -0.2) is 0 Å². The van der Waals surface area contributed by atoms with E-state index in [0.717, 1.165) is 32.7 Å². The highest BCUT2D eigenvalue weighted by atomic mass is 16.2. The fourth-order valence-corrected chi connectivity index (χ4v) is 2.28. The van der Waals surface area contributed by atoms with Crippen LogP contribution in [-0.4, -0.2) is 70.2 Å². The van der Waals surface area contributed by atoms with Crippen LogP contribution < -0.4 is 21.1 Å². The number of nitrogens with one attached hydrogen (secondary N) is 1. The van der Waals surface area contributed by atoms with Crippen molar-refractivity contribution in [3.05, 3.63) is 20.4 Å². The zero-order valence-electron chi connectivity index (χ0n) is 11.9. The summed E-state index contributed by atoms with van der Waals surface area (Å²) in [5.41, 5.74) is 0.401. The monoisotopic (exact) mass is 266 g/mol. The predicted octanol–water partition coefficient (Wildman–Crippen LogP) is -0.992. The highest BCUT2D eigenvalue weighted by Gasteiger charge is 2.27. The summed E-state index contributed by atoms with van der Waals surface area (Å²) >= 11 is 0. The van der Waals surface area contributed by atoms with Gasteiger partial charge in [0.05, 0.1) is 0 Å². The van der Waals surface area contributed by atoms with Crippen molar-refractivity contribution in [1.29, 1.82) is 0 Å². The van der Waals surface area contributed by atoms with Crippen molar-refractivity contribution in [3.63, 3.8) is 0 Å². The van der Waals surface area contributed by atoms with Crippen LogP contribution in [0, 0.1) is 0 Å². The molecule has 1 fully saturated rings. The van der Waals surface area contributed by atoms with Crippen LogP contribution in [-0.2, 0) is 0 Å². The number of hydrogen-bond donors (Lipinski definition) is 1. The Morgan fingerprint density at radius 2 is 1.74 bits per heavy atom. The molecular formula is C13H22N4O2. The Balaban J connectivity index is 2.03. The molecule has 0 unspecified atom stereocenters. The lowest BCUT2D eigenvalue weighted by molar-refractivity contribution is 0.312. The molecule has 1 saturated heterocycles. The molecule has 0 radical (unpaired) electrons. The van der Waals surface area contributed by atoms with Gasteiger partial charge in [0, 0.05) is 39.3 Å². The van der Waals surface area contributed by atoms with Gasteiger partial charge in [-0.3, -0.25) is 9.59 Å². The van der Waals surface area contributed by atoms with Crippen LogP contribution >= 0.6 is 0 Å². The van der Waals surface area contributed by atoms with Crippen molar-refractivity contribution in [2.24, 2.45) is 0 Å². The van der Waals surface area contributed by atoms with Crippen LogP contribution in [0.15, 0.2) is 9.59 Å². The van der Waals surface area contributed by atoms with Crippen molar-refractivity contribution in [3.8, 4) is 0 Å². The van der Waals surface area contributed by atoms with E-state index in [4.69, 9.17) is 0 Å². The van der Waals surface area contributed by atoms with Gasteiger partial charge in [-0.1, -0.05) is 0 Å². The number of anilines is 2. The molecule has 0 spiro atoms. The Kier molecular flexibility index (Phi) is 4.21. The van der Waals surface area contributed by atoms with Gasteiger partial charge in [0.1, 0.15) is 11.4 Å². The van der Waals surface area contributed by atoms with Crippen LogP contribution in [0.2, 0.25) is 0 Å². The fourth-order valence-electron chi connectivity index (χ4n) is 2.28. The number of hydrogen-bond acceptors (Lipinski definition) is 6. The average Bonchev–Trinajstić information content (AvgIpc) is 2.38. The first-order valence-electron chi connectivity index (χ1n) is 6.66. The average molecular weight is 266 g/mol. The standard InChI is InChI=1S/C13H22N4O2/c1-15(2)5-4-14-10-11(13(19)12(10)18)17-8-6-16(3)7-9-17/h14H,4-9H2,1-3H3. The van der Waals surface area contributed by atoms with E-state index in [1.54, 1.807) is 0 Å². The van der Waals surface area contributed by atoms with E-state index in [2.05, 4.69) is 17.3 Å². The minimum absolute atomic E-state index is 0.336. The Hall–Kier alpha value is -1.40. The third-order valence-corrected chi connectivity index (χ3v) is 3.57. The van der Waals surface area contributed by atoms with Crippen LogP contribution in [0.25, 0.3) is 0 Å². The second-order valence-corrected chi connectivity index (χ2v) is 5.40. The predicted molar refractivity (Wildman–Crippen MR) is 78.1 cm³/mol. The lowest BCUT2D eigenvalue weighted by Gasteiger charge is -2.35. The largest absolute Gasteiger partial charge is 0.379 e. The summed E-state index contributed by atoms with van der Waals surface area (Å²) in [5, 5.41) is 3.10. The second-order valence-electron chi connectivity index (χ2n) is 5.40. The maximum Gasteiger partial charge on any atom is 0.253 e. The topological polar surface area (TPSA) is 55.9 Å². The fraction of sp³-hybridized carbons (Fsp3) is 0.692. The van der Waals surface area contributed by atoms with Gasteiger partial charge in [0.2, 0.25) is 0 Å². The summed E-state index contributed by atoms with van der Waals surface area (Å²) < 4.78 is 0. The summed E-state index contributed by atoms with van der Waals surface area (Å²) in [6.07, 6.45) is 0.